The molecule has 0 atom stereocenters. The van der Waals surface area contributed by atoms with Crippen molar-refractivity contribution in [2.24, 2.45) is 5.73 Å². The van der Waals surface area contributed by atoms with E-state index in [0.717, 1.165) is 0 Å². The van der Waals surface area contributed by atoms with E-state index in [2.05, 4.69) is 0 Å². The van der Waals surface area contributed by atoms with Crippen molar-refractivity contribution in [2.75, 3.05) is 30.3 Å². The first-order chi connectivity index (χ1) is 8.59. The van der Waals surface area contributed by atoms with Gasteiger partial charge in [0.15, 0.2) is 0 Å². The van der Waals surface area contributed by atoms with Crippen LogP contribution >= 0.6 is 0 Å². The zero-order chi connectivity index (χ0) is 13.1. The monoisotopic (exact) mass is 248 g/mol. The number of amides is 3. The Morgan fingerprint density at radius 2 is 2.00 bits per heavy atom. The highest BCUT2D eigenvalue weighted by molar-refractivity contribution is 5.97. The highest BCUT2D eigenvalue weighted by atomic mass is 16.2. The lowest BCUT2D eigenvalue weighted by molar-refractivity contribution is -0.118. The molecule has 1 aliphatic rings. The standard InChI is InChI=1S/C12H16N4O2/c13-9-3-1-2-4-10(9)16-8-7-15(12(16)18)6-5-11(14)17/h1-4H,5-8,13H2,(H2,14,17). The molecule has 1 saturated heterocycles. The summed E-state index contributed by atoms with van der Waals surface area (Å²) in [6.07, 6.45) is 0.184. The fraction of sp³-hybridized carbons (Fsp3) is 0.333. The Morgan fingerprint density at radius 3 is 2.67 bits per heavy atom. The molecule has 18 heavy (non-hydrogen) atoms. The fourth-order valence-corrected chi connectivity index (χ4v) is 1.99. The normalized spacial score (nSPS) is 15.2. The molecule has 1 fully saturated rings. The summed E-state index contributed by atoms with van der Waals surface area (Å²) in [5, 5.41) is 0. The highest BCUT2D eigenvalue weighted by Crippen LogP contribution is 2.26. The summed E-state index contributed by atoms with van der Waals surface area (Å²) in [6.45, 7) is 1.52. The molecule has 0 bridgehead atoms. The molecular weight excluding hydrogens is 232 g/mol. The van der Waals surface area contributed by atoms with Crippen LogP contribution in [0.2, 0.25) is 0 Å². The maximum Gasteiger partial charge on any atom is 0.324 e. The topological polar surface area (TPSA) is 92.7 Å². The SMILES string of the molecule is NC(=O)CCN1CCN(c2ccccc2N)C1=O. The molecule has 1 heterocycles. The van der Waals surface area contributed by atoms with Crippen molar-refractivity contribution >= 4 is 23.3 Å². The van der Waals surface area contributed by atoms with Crippen molar-refractivity contribution in [1.29, 1.82) is 0 Å². The number of rotatable bonds is 4. The zero-order valence-corrected chi connectivity index (χ0v) is 10.0. The van der Waals surface area contributed by atoms with Crippen LogP contribution in [-0.2, 0) is 4.79 Å². The first-order valence-corrected chi connectivity index (χ1v) is 5.79. The number of nitrogens with two attached hydrogens (primary N) is 2. The zero-order valence-electron chi connectivity index (χ0n) is 10.0. The second-order valence-corrected chi connectivity index (χ2v) is 4.20. The third kappa shape index (κ3) is 2.37. The van der Waals surface area contributed by atoms with E-state index in [1.54, 1.807) is 15.9 Å². The summed E-state index contributed by atoms with van der Waals surface area (Å²) in [5.74, 6) is -0.402. The number of para-hydroxylation sites is 2. The third-order valence-electron chi connectivity index (χ3n) is 2.95. The molecule has 0 aliphatic carbocycles. The quantitative estimate of drug-likeness (QED) is 0.755. The number of hydrogen-bond donors (Lipinski definition) is 2. The van der Waals surface area contributed by atoms with Crippen LogP contribution in [0.25, 0.3) is 0 Å². The molecule has 2 rings (SSSR count). The summed E-state index contributed by atoms with van der Waals surface area (Å²) in [7, 11) is 0. The Kier molecular flexibility index (Phi) is 3.36. The molecule has 1 aromatic rings. The Hall–Kier alpha value is -2.24. The van der Waals surface area contributed by atoms with Crippen LogP contribution in [0.15, 0.2) is 24.3 Å². The number of carbonyl (C=O) groups excluding carboxylic acids is 2. The molecule has 4 N–H and O–H groups in total. The van der Waals surface area contributed by atoms with E-state index in [9.17, 15) is 9.59 Å². The van der Waals surface area contributed by atoms with Gasteiger partial charge >= 0.3 is 6.03 Å². The molecule has 96 valence electrons. The number of benzene rings is 1. The molecular formula is C12H16N4O2. The third-order valence-corrected chi connectivity index (χ3v) is 2.95. The van der Waals surface area contributed by atoms with E-state index in [1.165, 1.54) is 0 Å². The van der Waals surface area contributed by atoms with Crippen molar-refractivity contribution in [1.82, 2.24) is 4.90 Å². The van der Waals surface area contributed by atoms with Gasteiger partial charge in [0.25, 0.3) is 0 Å². The Balaban J connectivity index is 2.08. The van der Waals surface area contributed by atoms with Gasteiger partial charge in [0.1, 0.15) is 0 Å². The predicted molar refractivity (Wildman–Crippen MR) is 69.0 cm³/mol. The van der Waals surface area contributed by atoms with Crippen LogP contribution in [0.5, 0.6) is 0 Å². The number of primary amides is 1. The Morgan fingerprint density at radius 1 is 1.28 bits per heavy atom. The summed E-state index contributed by atoms with van der Waals surface area (Å²) in [5.41, 5.74) is 12.2. The smallest absolute Gasteiger partial charge is 0.324 e. The summed E-state index contributed by atoms with van der Waals surface area (Å²) < 4.78 is 0. The van der Waals surface area contributed by atoms with Crippen molar-refractivity contribution in [3.8, 4) is 0 Å². The highest BCUT2D eigenvalue weighted by Gasteiger charge is 2.30. The van der Waals surface area contributed by atoms with Crippen molar-refractivity contribution < 1.29 is 9.59 Å². The number of hydrogen-bond acceptors (Lipinski definition) is 3. The maximum atomic E-state index is 12.1. The molecule has 6 heteroatoms. The minimum absolute atomic E-state index is 0.130. The van der Waals surface area contributed by atoms with Gasteiger partial charge in [-0.2, -0.15) is 0 Å². The number of urea groups is 1. The van der Waals surface area contributed by atoms with Gasteiger partial charge in [-0.3, -0.25) is 9.69 Å². The van der Waals surface area contributed by atoms with Gasteiger partial charge in [-0.1, -0.05) is 12.1 Å². The van der Waals surface area contributed by atoms with Crippen molar-refractivity contribution in [3.63, 3.8) is 0 Å². The number of nitrogens with zero attached hydrogens (tertiary/aromatic N) is 2. The van der Waals surface area contributed by atoms with Gasteiger partial charge in [-0.25, -0.2) is 4.79 Å². The lowest BCUT2D eigenvalue weighted by Gasteiger charge is -2.19. The molecule has 0 aromatic heterocycles. The predicted octanol–water partition coefficient (Wildman–Crippen LogP) is 0.386. The number of nitrogen functional groups attached to an aromatic ring is 1. The summed E-state index contributed by atoms with van der Waals surface area (Å²) in [4.78, 5) is 26.1. The van der Waals surface area contributed by atoms with Crippen LogP contribution < -0.4 is 16.4 Å². The van der Waals surface area contributed by atoms with Crippen LogP contribution in [0, 0.1) is 0 Å². The van der Waals surface area contributed by atoms with Gasteiger partial charge in [-0.05, 0) is 12.1 Å². The average molecular weight is 248 g/mol. The molecule has 1 aliphatic heterocycles. The molecule has 0 radical (unpaired) electrons. The first kappa shape index (κ1) is 12.2. The van der Waals surface area contributed by atoms with Crippen LogP contribution in [-0.4, -0.2) is 36.5 Å². The van der Waals surface area contributed by atoms with Crippen LogP contribution in [0.3, 0.4) is 0 Å². The second-order valence-electron chi connectivity index (χ2n) is 4.20. The first-order valence-electron chi connectivity index (χ1n) is 5.79. The largest absolute Gasteiger partial charge is 0.397 e. The van der Waals surface area contributed by atoms with Gasteiger partial charge in [0, 0.05) is 26.1 Å². The number of anilines is 2. The average Bonchev–Trinajstić information content (AvgIpc) is 2.69. The number of carbonyl (C=O) groups is 2. The molecule has 0 saturated carbocycles. The molecule has 1 aromatic carbocycles. The lowest BCUT2D eigenvalue weighted by atomic mass is 10.2. The van der Waals surface area contributed by atoms with E-state index in [0.29, 0.717) is 31.0 Å². The lowest BCUT2D eigenvalue weighted by Crippen LogP contribution is -2.34. The molecule has 3 amide bonds. The van der Waals surface area contributed by atoms with E-state index >= 15 is 0 Å². The van der Waals surface area contributed by atoms with E-state index < -0.39 is 5.91 Å². The van der Waals surface area contributed by atoms with E-state index in [1.807, 2.05) is 18.2 Å². The van der Waals surface area contributed by atoms with Gasteiger partial charge in [-0.15, -0.1) is 0 Å². The van der Waals surface area contributed by atoms with Gasteiger partial charge < -0.3 is 16.4 Å². The molecule has 6 nitrogen and oxygen atoms in total. The fourth-order valence-electron chi connectivity index (χ4n) is 1.99. The van der Waals surface area contributed by atoms with Crippen LogP contribution in [0.1, 0.15) is 6.42 Å². The van der Waals surface area contributed by atoms with Crippen molar-refractivity contribution in [2.45, 2.75) is 6.42 Å². The van der Waals surface area contributed by atoms with E-state index in [4.69, 9.17) is 11.5 Å². The van der Waals surface area contributed by atoms with Gasteiger partial charge in [0.2, 0.25) is 5.91 Å². The molecule has 0 spiro atoms. The van der Waals surface area contributed by atoms with Gasteiger partial charge in [0.05, 0.1) is 11.4 Å². The van der Waals surface area contributed by atoms with Crippen LogP contribution in [0.4, 0.5) is 16.2 Å². The van der Waals surface area contributed by atoms with Crippen molar-refractivity contribution in [3.05, 3.63) is 24.3 Å². The summed E-state index contributed by atoms with van der Waals surface area (Å²) in [6, 6.07) is 7.10. The minimum Gasteiger partial charge on any atom is -0.397 e. The Labute approximate surface area is 105 Å². The van der Waals surface area contributed by atoms with E-state index in [-0.39, 0.29) is 12.5 Å². The summed E-state index contributed by atoms with van der Waals surface area (Å²) >= 11 is 0. The maximum absolute atomic E-state index is 12.1. The Bertz CT molecular complexity index is 475. The second kappa shape index (κ2) is 4.95. The molecule has 0 unspecified atom stereocenters. The minimum atomic E-state index is -0.402.